The maximum atomic E-state index is 9.30. The van der Waals surface area contributed by atoms with Gasteiger partial charge in [0.25, 0.3) is 0 Å². The van der Waals surface area contributed by atoms with Crippen molar-refractivity contribution in [2.24, 2.45) is 5.73 Å². The Morgan fingerprint density at radius 1 is 1.39 bits per heavy atom. The summed E-state index contributed by atoms with van der Waals surface area (Å²) in [6, 6.07) is 4.55. The third-order valence-corrected chi connectivity index (χ3v) is 3.93. The van der Waals surface area contributed by atoms with E-state index in [1.165, 1.54) is 24.1 Å². The highest BCUT2D eigenvalue weighted by Gasteiger charge is 2.24. The van der Waals surface area contributed by atoms with Crippen LogP contribution in [0.5, 0.6) is 0 Å². The Hall–Kier alpha value is -1.60. The highest BCUT2D eigenvalue weighted by Crippen LogP contribution is 2.28. The fourth-order valence-corrected chi connectivity index (χ4v) is 2.93. The van der Waals surface area contributed by atoms with Gasteiger partial charge in [-0.15, -0.1) is 0 Å². The third-order valence-electron chi connectivity index (χ3n) is 3.93. The molecule has 1 aliphatic heterocycles. The molecule has 1 aliphatic carbocycles. The molecule has 1 unspecified atom stereocenters. The van der Waals surface area contributed by atoms with E-state index in [0.29, 0.717) is 5.56 Å². The Labute approximate surface area is 107 Å². The molecule has 2 heterocycles. The van der Waals surface area contributed by atoms with Gasteiger partial charge in [-0.2, -0.15) is 5.26 Å². The van der Waals surface area contributed by atoms with Crippen LogP contribution in [0.25, 0.3) is 0 Å². The van der Waals surface area contributed by atoms with E-state index >= 15 is 0 Å². The van der Waals surface area contributed by atoms with Crippen LogP contribution in [0.15, 0.2) is 6.07 Å². The number of fused-ring (bicyclic) bond motifs is 1. The van der Waals surface area contributed by atoms with Crippen molar-refractivity contribution in [1.29, 1.82) is 5.26 Å². The molecule has 2 N–H and O–H groups in total. The second-order valence-electron chi connectivity index (χ2n) is 5.28. The molecule has 1 aromatic heterocycles. The van der Waals surface area contributed by atoms with Crippen LogP contribution in [0.1, 0.15) is 36.1 Å². The van der Waals surface area contributed by atoms with Crippen molar-refractivity contribution >= 4 is 5.82 Å². The Bertz CT molecular complexity index is 503. The molecule has 0 aromatic carbocycles. The average molecular weight is 242 g/mol. The molecule has 0 spiro atoms. The van der Waals surface area contributed by atoms with Gasteiger partial charge in [-0.3, -0.25) is 0 Å². The van der Waals surface area contributed by atoms with Crippen LogP contribution in [0, 0.1) is 11.3 Å². The highest BCUT2D eigenvalue weighted by molar-refractivity contribution is 5.57. The van der Waals surface area contributed by atoms with E-state index < -0.39 is 0 Å². The Morgan fingerprint density at radius 2 is 2.22 bits per heavy atom. The summed E-state index contributed by atoms with van der Waals surface area (Å²) in [5.74, 6) is 0.853. The van der Waals surface area contributed by atoms with Crippen molar-refractivity contribution in [2.45, 2.75) is 38.1 Å². The van der Waals surface area contributed by atoms with E-state index in [1.54, 1.807) is 0 Å². The third kappa shape index (κ3) is 1.95. The standard InChI is InChI=1S/C14H18N4/c15-8-11-7-10-3-1-2-4-13(10)17-14(11)18-6-5-12(16)9-18/h7,12H,1-6,9,16H2. The number of hydrogen-bond acceptors (Lipinski definition) is 4. The van der Waals surface area contributed by atoms with E-state index in [4.69, 9.17) is 10.7 Å². The molecular weight excluding hydrogens is 224 g/mol. The summed E-state index contributed by atoms with van der Waals surface area (Å²) in [6.07, 6.45) is 5.53. The van der Waals surface area contributed by atoms with Gasteiger partial charge in [-0.05, 0) is 43.7 Å². The van der Waals surface area contributed by atoms with E-state index in [-0.39, 0.29) is 6.04 Å². The molecule has 1 fully saturated rings. The molecular formula is C14H18N4. The first kappa shape index (κ1) is 11.5. The molecule has 0 radical (unpaired) electrons. The van der Waals surface area contributed by atoms with Gasteiger partial charge in [0, 0.05) is 24.8 Å². The SMILES string of the molecule is N#Cc1cc2c(nc1N1CCC(N)C1)CCCC2. The Balaban J connectivity index is 2.00. The summed E-state index contributed by atoms with van der Waals surface area (Å²) in [5.41, 5.74) is 9.11. The predicted molar refractivity (Wildman–Crippen MR) is 70.4 cm³/mol. The van der Waals surface area contributed by atoms with Gasteiger partial charge < -0.3 is 10.6 Å². The van der Waals surface area contributed by atoms with Gasteiger partial charge in [0.05, 0.1) is 5.56 Å². The number of nitrogens with two attached hydrogens (primary N) is 1. The smallest absolute Gasteiger partial charge is 0.146 e. The lowest BCUT2D eigenvalue weighted by Crippen LogP contribution is -2.28. The zero-order valence-corrected chi connectivity index (χ0v) is 10.5. The number of rotatable bonds is 1. The van der Waals surface area contributed by atoms with Crippen LogP contribution in [-0.4, -0.2) is 24.1 Å². The van der Waals surface area contributed by atoms with Gasteiger partial charge in [0.1, 0.15) is 11.9 Å². The van der Waals surface area contributed by atoms with Crippen molar-refractivity contribution in [1.82, 2.24) is 4.98 Å². The first-order chi connectivity index (χ1) is 8.78. The Kier molecular flexibility index (Phi) is 2.92. The van der Waals surface area contributed by atoms with Crippen molar-refractivity contribution in [3.63, 3.8) is 0 Å². The molecule has 18 heavy (non-hydrogen) atoms. The lowest BCUT2D eigenvalue weighted by Gasteiger charge is -2.22. The summed E-state index contributed by atoms with van der Waals surface area (Å²) >= 11 is 0. The lowest BCUT2D eigenvalue weighted by atomic mass is 9.95. The summed E-state index contributed by atoms with van der Waals surface area (Å²) in [5, 5.41) is 9.30. The van der Waals surface area contributed by atoms with E-state index in [2.05, 4.69) is 11.0 Å². The minimum atomic E-state index is 0.217. The number of aryl methyl sites for hydroxylation is 2. The van der Waals surface area contributed by atoms with Crippen LogP contribution in [-0.2, 0) is 12.8 Å². The zero-order valence-electron chi connectivity index (χ0n) is 10.5. The number of nitriles is 1. The largest absolute Gasteiger partial charge is 0.354 e. The molecule has 94 valence electrons. The van der Waals surface area contributed by atoms with Crippen molar-refractivity contribution in [2.75, 3.05) is 18.0 Å². The normalized spacial score (nSPS) is 22.7. The predicted octanol–water partition coefficient (Wildman–Crippen LogP) is 1.37. The molecule has 3 rings (SSSR count). The maximum absolute atomic E-state index is 9.30. The molecule has 4 heteroatoms. The highest BCUT2D eigenvalue weighted by atomic mass is 15.2. The summed E-state index contributed by atoms with van der Waals surface area (Å²) < 4.78 is 0. The molecule has 1 saturated heterocycles. The zero-order chi connectivity index (χ0) is 12.5. The quantitative estimate of drug-likeness (QED) is 0.807. The van der Waals surface area contributed by atoms with Gasteiger partial charge in [-0.1, -0.05) is 0 Å². The van der Waals surface area contributed by atoms with Gasteiger partial charge in [-0.25, -0.2) is 4.98 Å². The van der Waals surface area contributed by atoms with Crippen molar-refractivity contribution < 1.29 is 0 Å². The van der Waals surface area contributed by atoms with Gasteiger partial charge in [0.15, 0.2) is 0 Å². The summed E-state index contributed by atoms with van der Waals surface area (Å²) in [4.78, 5) is 6.91. The first-order valence-electron chi connectivity index (χ1n) is 6.71. The molecule has 1 aromatic rings. The molecule has 0 amide bonds. The van der Waals surface area contributed by atoms with Crippen molar-refractivity contribution in [3.8, 4) is 6.07 Å². The van der Waals surface area contributed by atoms with Crippen LogP contribution in [0.4, 0.5) is 5.82 Å². The molecule has 1 atom stereocenters. The van der Waals surface area contributed by atoms with Gasteiger partial charge in [0.2, 0.25) is 0 Å². The van der Waals surface area contributed by atoms with Crippen molar-refractivity contribution in [3.05, 3.63) is 22.9 Å². The van der Waals surface area contributed by atoms with Gasteiger partial charge >= 0.3 is 0 Å². The number of hydrogen-bond donors (Lipinski definition) is 1. The first-order valence-corrected chi connectivity index (χ1v) is 6.71. The monoisotopic (exact) mass is 242 g/mol. The molecule has 0 saturated carbocycles. The minimum absolute atomic E-state index is 0.217. The Morgan fingerprint density at radius 3 is 2.94 bits per heavy atom. The van der Waals surface area contributed by atoms with E-state index in [9.17, 15) is 5.26 Å². The second-order valence-corrected chi connectivity index (χ2v) is 5.28. The average Bonchev–Trinajstić information content (AvgIpc) is 2.83. The van der Waals surface area contributed by atoms with Crippen LogP contribution in [0.2, 0.25) is 0 Å². The lowest BCUT2D eigenvalue weighted by molar-refractivity contribution is 0.665. The molecule has 2 aliphatic rings. The van der Waals surface area contributed by atoms with Crippen LogP contribution >= 0.6 is 0 Å². The number of nitrogens with zero attached hydrogens (tertiary/aromatic N) is 3. The second kappa shape index (κ2) is 4.58. The molecule has 0 bridgehead atoms. The van der Waals surface area contributed by atoms with Crippen LogP contribution in [0.3, 0.4) is 0 Å². The molecule has 4 nitrogen and oxygen atoms in total. The topological polar surface area (TPSA) is 65.9 Å². The van der Waals surface area contributed by atoms with Crippen LogP contribution < -0.4 is 10.6 Å². The summed E-state index contributed by atoms with van der Waals surface area (Å²) in [6.45, 7) is 1.74. The minimum Gasteiger partial charge on any atom is -0.354 e. The summed E-state index contributed by atoms with van der Waals surface area (Å²) in [7, 11) is 0. The fraction of sp³-hybridized carbons (Fsp3) is 0.571. The van der Waals surface area contributed by atoms with E-state index in [1.807, 2.05) is 6.07 Å². The maximum Gasteiger partial charge on any atom is 0.146 e. The van der Waals surface area contributed by atoms with E-state index in [0.717, 1.165) is 38.2 Å². The number of aromatic nitrogens is 1. The number of pyridine rings is 1. The fourth-order valence-electron chi connectivity index (χ4n) is 2.93. The number of anilines is 1.